The molecule has 2 rings (SSSR count). The molecule has 0 heterocycles. The van der Waals surface area contributed by atoms with E-state index in [9.17, 15) is 9.59 Å². The summed E-state index contributed by atoms with van der Waals surface area (Å²) in [6.45, 7) is 5.85. The minimum atomic E-state index is -0.202. The second-order valence-corrected chi connectivity index (χ2v) is 5.18. The number of rotatable bonds is 3. The van der Waals surface area contributed by atoms with Crippen LogP contribution < -0.4 is 0 Å². The highest BCUT2D eigenvalue weighted by atomic mass is 16.5. The summed E-state index contributed by atoms with van der Waals surface area (Å²) in [6.07, 6.45) is 3.21. The Morgan fingerprint density at radius 2 is 2.00 bits per heavy atom. The van der Waals surface area contributed by atoms with Crippen molar-refractivity contribution in [2.24, 2.45) is 11.8 Å². The molecule has 4 nitrogen and oxygen atoms in total. The van der Waals surface area contributed by atoms with E-state index in [2.05, 4.69) is 0 Å². The quantitative estimate of drug-likeness (QED) is 0.703. The number of carbonyl (C=O) groups is 2. The van der Waals surface area contributed by atoms with Crippen LogP contribution in [0.1, 0.15) is 40.0 Å². The lowest BCUT2D eigenvalue weighted by molar-refractivity contribution is -0.149. The van der Waals surface area contributed by atoms with E-state index in [0.717, 1.165) is 25.8 Å². The van der Waals surface area contributed by atoms with Gasteiger partial charge in [-0.1, -0.05) is 0 Å². The van der Waals surface area contributed by atoms with Crippen LogP contribution in [0.3, 0.4) is 0 Å². The highest BCUT2D eigenvalue weighted by molar-refractivity contribution is 5.73. The second kappa shape index (κ2) is 4.67. The summed E-state index contributed by atoms with van der Waals surface area (Å²) in [5.41, 5.74) is 0. The number of hydrogen-bond acceptors (Lipinski definition) is 3. The van der Waals surface area contributed by atoms with Crippen molar-refractivity contribution < 1.29 is 14.3 Å². The molecule has 0 aromatic rings. The molecule has 17 heavy (non-hydrogen) atoms. The normalized spacial score (nSPS) is 34.8. The van der Waals surface area contributed by atoms with E-state index in [1.54, 1.807) is 6.92 Å². The molecular formula is C13H21NO3. The van der Waals surface area contributed by atoms with Crippen LogP contribution in [0.2, 0.25) is 0 Å². The number of carbonyl (C=O) groups excluding carboxylic acids is 2. The summed E-state index contributed by atoms with van der Waals surface area (Å²) in [7, 11) is 0. The predicted octanol–water partition coefficient (Wildman–Crippen LogP) is 1.58. The van der Waals surface area contributed by atoms with Crippen molar-refractivity contribution in [3.05, 3.63) is 0 Å². The molecule has 0 spiro atoms. The first-order valence-electron chi connectivity index (χ1n) is 6.49. The molecule has 0 saturated heterocycles. The van der Waals surface area contributed by atoms with E-state index in [4.69, 9.17) is 4.74 Å². The van der Waals surface area contributed by atoms with Crippen LogP contribution >= 0.6 is 0 Å². The second-order valence-electron chi connectivity index (χ2n) is 5.18. The van der Waals surface area contributed by atoms with Crippen LogP contribution in [0.5, 0.6) is 0 Å². The first-order valence-corrected chi connectivity index (χ1v) is 6.49. The van der Waals surface area contributed by atoms with Crippen molar-refractivity contribution in [2.75, 3.05) is 6.54 Å². The third-order valence-electron chi connectivity index (χ3n) is 4.23. The molecule has 2 aliphatic carbocycles. The van der Waals surface area contributed by atoms with E-state index in [1.165, 1.54) is 6.92 Å². The molecular weight excluding hydrogens is 218 g/mol. The van der Waals surface area contributed by atoms with Gasteiger partial charge in [0.1, 0.15) is 6.10 Å². The van der Waals surface area contributed by atoms with E-state index in [-0.39, 0.29) is 18.0 Å². The maximum Gasteiger partial charge on any atom is 0.302 e. The smallest absolute Gasteiger partial charge is 0.302 e. The number of amides is 1. The van der Waals surface area contributed by atoms with Gasteiger partial charge < -0.3 is 9.64 Å². The molecule has 4 heteroatoms. The molecule has 0 aromatic carbocycles. The first-order chi connectivity index (χ1) is 8.04. The standard InChI is InChI=1S/C13H21NO3/c1-4-14(8(2)15)13-10-5-6-11(13)12(7-10)17-9(3)16/h10-13H,4-7H2,1-3H3/t10-,11+,12-,13?/m1/s1. The zero-order valence-corrected chi connectivity index (χ0v) is 10.8. The molecule has 1 unspecified atom stereocenters. The molecule has 0 radical (unpaired) electrons. The van der Waals surface area contributed by atoms with Crippen LogP contribution in [-0.2, 0) is 14.3 Å². The van der Waals surface area contributed by atoms with Gasteiger partial charge in [-0.3, -0.25) is 9.59 Å². The third-order valence-corrected chi connectivity index (χ3v) is 4.23. The molecule has 2 aliphatic rings. The Kier molecular flexibility index (Phi) is 3.40. The Morgan fingerprint density at radius 1 is 1.29 bits per heavy atom. The molecule has 2 fully saturated rings. The number of hydrogen-bond donors (Lipinski definition) is 0. The van der Waals surface area contributed by atoms with Crippen LogP contribution in [0.25, 0.3) is 0 Å². The molecule has 0 N–H and O–H groups in total. The Hall–Kier alpha value is -1.06. The highest BCUT2D eigenvalue weighted by Gasteiger charge is 2.52. The van der Waals surface area contributed by atoms with E-state index in [1.807, 2.05) is 11.8 Å². The lowest BCUT2D eigenvalue weighted by Crippen LogP contribution is -2.43. The largest absolute Gasteiger partial charge is 0.462 e. The zero-order valence-electron chi connectivity index (χ0n) is 10.8. The van der Waals surface area contributed by atoms with Crippen LogP contribution in [0.4, 0.5) is 0 Å². The average molecular weight is 239 g/mol. The minimum Gasteiger partial charge on any atom is -0.462 e. The Labute approximate surface area is 102 Å². The minimum absolute atomic E-state index is 0.0321. The average Bonchev–Trinajstić information content (AvgIpc) is 2.75. The SMILES string of the molecule is CCN(C(C)=O)C1[C@@H]2CC[C@H]1[C@H](OC(C)=O)C2. The maximum absolute atomic E-state index is 11.6. The molecule has 96 valence electrons. The van der Waals surface area contributed by atoms with E-state index < -0.39 is 0 Å². The van der Waals surface area contributed by atoms with Gasteiger partial charge in [0, 0.05) is 32.4 Å². The first kappa shape index (κ1) is 12.4. The van der Waals surface area contributed by atoms with Crippen molar-refractivity contribution in [1.29, 1.82) is 0 Å². The van der Waals surface area contributed by atoms with Gasteiger partial charge >= 0.3 is 5.97 Å². The van der Waals surface area contributed by atoms with Crippen molar-refractivity contribution in [3.8, 4) is 0 Å². The van der Waals surface area contributed by atoms with Crippen LogP contribution in [0.15, 0.2) is 0 Å². The molecule has 4 atom stereocenters. The van der Waals surface area contributed by atoms with Crippen LogP contribution in [-0.4, -0.2) is 35.5 Å². The zero-order chi connectivity index (χ0) is 12.6. The summed E-state index contributed by atoms with van der Waals surface area (Å²) in [5, 5.41) is 0. The monoisotopic (exact) mass is 239 g/mol. The molecule has 1 amide bonds. The predicted molar refractivity (Wildman–Crippen MR) is 63.2 cm³/mol. The summed E-state index contributed by atoms with van der Waals surface area (Å²) < 4.78 is 5.37. The van der Waals surface area contributed by atoms with Gasteiger partial charge in [-0.2, -0.15) is 0 Å². The van der Waals surface area contributed by atoms with E-state index in [0.29, 0.717) is 17.9 Å². The highest BCUT2D eigenvalue weighted by Crippen LogP contribution is 2.48. The Bertz CT molecular complexity index is 329. The lowest BCUT2D eigenvalue weighted by atomic mass is 9.98. The summed E-state index contributed by atoms with van der Waals surface area (Å²) in [6, 6.07) is 0.293. The van der Waals surface area contributed by atoms with E-state index >= 15 is 0 Å². The van der Waals surface area contributed by atoms with Gasteiger partial charge in [0.05, 0.1) is 0 Å². The number of esters is 1. The van der Waals surface area contributed by atoms with Gasteiger partial charge in [0.15, 0.2) is 0 Å². The Morgan fingerprint density at radius 3 is 2.53 bits per heavy atom. The number of nitrogens with zero attached hydrogens (tertiary/aromatic N) is 1. The van der Waals surface area contributed by atoms with Gasteiger partial charge in [0.2, 0.25) is 5.91 Å². The van der Waals surface area contributed by atoms with Gasteiger partial charge in [-0.25, -0.2) is 0 Å². The van der Waals surface area contributed by atoms with Crippen molar-refractivity contribution in [3.63, 3.8) is 0 Å². The molecule has 0 aliphatic heterocycles. The molecule has 0 aromatic heterocycles. The fraction of sp³-hybridized carbons (Fsp3) is 0.846. The van der Waals surface area contributed by atoms with Gasteiger partial charge in [-0.05, 0) is 32.1 Å². The fourth-order valence-electron chi connectivity index (χ4n) is 3.71. The maximum atomic E-state index is 11.6. The van der Waals surface area contributed by atoms with Crippen LogP contribution in [0, 0.1) is 11.8 Å². The number of fused-ring (bicyclic) bond motifs is 2. The third kappa shape index (κ3) is 2.17. The summed E-state index contributed by atoms with van der Waals surface area (Å²) in [4.78, 5) is 24.6. The van der Waals surface area contributed by atoms with Gasteiger partial charge in [-0.15, -0.1) is 0 Å². The fourth-order valence-corrected chi connectivity index (χ4v) is 3.71. The Balaban J connectivity index is 2.10. The van der Waals surface area contributed by atoms with Crippen molar-refractivity contribution in [2.45, 2.75) is 52.2 Å². The lowest BCUT2D eigenvalue weighted by Gasteiger charge is -2.30. The van der Waals surface area contributed by atoms with Crippen molar-refractivity contribution >= 4 is 11.9 Å². The topological polar surface area (TPSA) is 46.6 Å². The molecule has 2 bridgehead atoms. The molecule has 2 saturated carbocycles. The van der Waals surface area contributed by atoms with Gasteiger partial charge in [0.25, 0.3) is 0 Å². The van der Waals surface area contributed by atoms with Crippen molar-refractivity contribution in [1.82, 2.24) is 4.90 Å². The summed E-state index contributed by atoms with van der Waals surface area (Å²) in [5.74, 6) is 0.811. The number of ether oxygens (including phenoxy) is 1. The summed E-state index contributed by atoms with van der Waals surface area (Å²) >= 11 is 0.